The van der Waals surface area contributed by atoms with Crippen LogP contribution >= 0.6 is 22.6 Å². The van der Waals surface area contributed by atoms with Crippen molar-refractivity contribution in [3.05, 3.63) is 81.9 Å². The number of halogens is 1. The van der Waals surface area contributed by atoms with Gasteiger partial charge in [-0.2, -0.15) is 0 Å². The molecule has 0 heterocycles. The van der Waals surface area contributed by atoms with Gasteiger partial charge in [0.1, 0.15) is 5.60 Å². The minimum Gasteiger partial charge on any atom is -0.377 e. The summed E-state index contributed by atoms with van der Waals surface area (Å²) in [6.07, 6.45) is 1.58. The van der Waals surface area contributed by atoms with E-state index in [2.05, 4.69) is 29.2 Å². The summed E-state index contributed by atoms with van der Waals surface area (Å²) in [4.78, 5) is 0. The molecule has 0 aromatic heterocycles. The molecule has 1 atom stereocenters. The zero-order chi connectivity index (χ0) is 12.3. The lowest BCUT2D eigenvalue weighted by Gasteiger charge is -2.25. The Bertz CT molecular complexity index is 521. The van der Waals surface area contributed by atoms with Crippen LogP contribution in [0, 0.1) is 3.57 Å². The molecule has 0 aliphatic heterocycles. The second kappa shape index (κ2) is 5.02. The summed E-state index contributed by atoms with van der Waals surface area (Å²) in [6.45, 7) is 3.76. The first-order valence-electron chi connectivity index (χ1n) is 5.34. The molecule has 0 radical (unpaired) electrons. The molecule has 2 heteroatoms. The Kier molecular flexibility index (Phi) is 3.64. The fraction of sp³-hybridized carbons (Fsp3) is 0.0667. The van der Waals surface area contributed by atoms with Gasteiger partial charge in [0.05, 0.1) is 0 Å². The molecule has 0 aliphatic rings. The maximum atomic E-state index is 10.8. The van der Waals surface area contributed by atoms with Crippen molar-refractivity contribution < 1.29 is 5.11 Å². The van der Waals surface area contributed by atoms with Crippen LogP contribution in [-0.4, -0.2) is 5.11 Å². The molecule has 0 fully saturated rings. The van der Waals surface area contributed by atoms with E-state index in [1.807, 2.05) is 54.6 Å². The first kappa shape index (κ1) is 12.3. The van der Waals surface area contributed by atoms with Crippen molar-refractivity contribution in [2.75, 3.05) is 0 Å². The third-order valence-corrected chi connectivity index (χ3v) is 3.45. The van der Waals surface area contributed by atoms with Crippen LogP contribution in [-0.2, 0) is 5.60 Å². The van der Waals surface area contributed by atoms with Crippen LogP contribution in [0.25, 0.3) is 0 Å². The minimum atomic E-state index is -1.12. The number of hydrogen-bond acceptors (Lipinski definition) is 1. The monoisotopic (exact) mass is 336 g/mol. The largest absolute Gasteiger partial charge is 0.377 e. The van der Waals surface area contributed by atoms with Gasteiger partial charge >= 0.3 is 0 Å². The van der Waals surface area contributed by atoms with Crippen LogP contribution in [0.15, 0.2) is 67.3 Å². The topological polar surface area (TPSA) is 20.2 Å². The molecular formula is C15H13IO. The molecule has 1 unspecified atom stereocenters. The second-order valence-corrected chi connectivity index (χ2v) is 5.09. The van der Waals surface area contributed by atoms with Gasteiger partial charge in [0.25, 0.3) is 0 Å². The molecule has 2 aromatic carbocycles. The highest BCUT2D eigenvalue weighted by Crippen LogP contribution is 2.31. The lowest BCUT2D eigenvalue weighted by Crippen LogP contribution is -2.24. The van der Waals surface area contributed by atoms with Crippen LogP contribution in [0.1, 0.15) is 11.1 Å². The molecular weight excluding hydrogens is 323 g/mol. The van der Waals surface area contributed by atoms with Gasteiger partial charge in [-0.25, -0.2) is 0 Å². The van der Waals surface area contributed by atoms with E-state index in [-0.39, 0.29) is 0 Å². The Morgan fingerprint density at radius 3 is 2.24 bits per heavy atom. The van der Waals surface area contributed by atoms with E-state index in [1.54, 1.807) is 6.08 Å². The Labute approximate surface area is 115 Å². The summed E-state index contributed by atoms with van der Waals surface area (Å²) < 4.78 is 1.09. The molecule has 1 N–H and O–H groups in total. The molecule has 0 spiro atoms. The summed E-state index contributed by atoms with van der Waals surface area (Å²) in [5.74, 6) is 0. The van der Waals surface area contributed by atoms with Gasteiger partial charge in [-0.3, -0.25) is 0 Å². The fourth-order valence-electron chi connectivity index (χ4n) is 1.82. The highest BCUT2D eigenvalue weighted by Gasteiger charge is 2.27. The lowest BCUT2D eigenvalue weighted by molar-refractivity contribution is 0.135. The Hall–Kier alpha value is -1.13. The van der Waals surface area contributed by atoms with Gasteiger partial charge in [-0.1, -0.05) is 55.1 Å². The zero-order valence-electron chi connectivity index (χ0n) is 9.31. The predicted molar refractivity (Wildman–Crippen MR) is 78.8 cm³/mol. The smallest absolute Gasteiger partial charge is 0.133 e. The molecule has 17 heavy (non-hydrogen) atoms. The van der Waals surface area contributed by atoms with E-state index in [4.69, 9.17) is 0 Å². The number of benzene rings is 2. The lowest BCUT2D eigenvalue weighted by atomic mass is 9.86. The van der Waals surface area contributed by atoms with E-state index >= 15 is 0 Å². The highest BCUT2D eigenvalue weighted by molar-refractivity contribution is 14.1. The SMILES string of the molecule is C=CC(O)(c1ccccc1)c1cccc(I)c1. The van der Waals surface area contributed by atoms with E-state index in [9.17, 15) is 5.11 Å². The Balaban J connectivity index is 2.56. The van der Waals surface area contributed by atoms with Gasteiger partial charge in [-0.05, 0) is 45.9 Å². The van der Waals surface area contributed by atoms with Crippen LogP contribution in [0.3, 0.4) is 0 Å². The predicted octanol–water partition coefficient (Wildman–Crippen LogP) is 3.71. The molecule has 0 saturated heterocycles. The van der Waals surface area contributed by atoms with Crippen LogP contribution in [0.5, 0.6) is 0 Å². The van der Waals surface area contributed by atoms with Crippen molar-refractivity contribution in [3.63, 3.8) is 0 Å². The van der Waals surface area contributed by atoms with Gasteiger partial charge < -0.3 is 5.11 Å². The third-order valence-electron chi connectivity index (χ3n) is 2.77. The Morgan fingerprint density at radius 2 is 1.65 bits per heavy atom. The van der Waals surface area contributed by atoms with Crippen molar-refractivity contribution in [3.8, 4) is 0 Å². The standard InChI is InChI=1S/C15H13IO/c1-2-15(17,12-7-4-3-5-8-12)13-9-6-10-14(16)11-13/h2-11,17H,1H2. The quantitative estimate of drug-likeness (QED) is 0.669. The van der Waals surface area contributed by atoms with E-state index in [1.165, 1.54) is 0 Å². The van der Waals surface area contributed by atoms with Crippen molar-refractivity contribution in [1.82, 2.24) is 0 Å². The van der Waals surface area contributed by atoms with Crippen molar-refractivity contribution in [2.24, 2.45) is 0 Å². The molecule has 1 nitrogen and oxygen atoms in total. The van der Waals surface area contributed by atoms with E-state index < -0.39 is 5.60 Å². The van der Waals surface area contributed by atoms with Crippen LogP contribution < -0.4 is 0 Å². The number of rotatable bonds is 3. The summed E-state index contributed by atoms with van der Waals surface area (Å²) in [6, 6.07) is 17.4. The molecule has 0 saturated carbocycles. The Morgan fingerprint density at radius 1 is 1.00 bits per heavy atom. The zero-order valence-corrected chi connectivity index (χ0v) is 11.5. The molecule has 0 amide bonds. The van der Waals surface area contributed by atoms with Gasteiger partial charge in [0, 0.05) is 3.57 Å². The molecule has 2 rings (SSSR count). The fourth-order valence-corrected chi connectivity index (χ4v) is 2.36. The third kappa shape index (κ3) is 2.42. The highest BCUT2D eigenvalue weighted by atomic mass is 127. The van der Waals surface area contributed by atoms with Crippen LogP contribution in [0.4, 0.5) is 0 Å². The number of hydrogen-bond donors (Lipinski definition) is 1. The van der Waals surface area contributed by atoms with Crippen molar-refractivity contribution in [1.29, 1.82) is 0 Å². The first-order chi connectivity index (χ1) is 8.16. The van der Waals surface area contributed by atoms with Crippen molar-refractivity contribution in [2.45, 2.75) is 5.60 Å². The number of aliphatic hydroxyl groups is 1. The van der Waals surface area contributed by atoms with Gasteiger partial charge in [-0.15, -0.1) is 0 Å². The summed E-state index contributed by atoms with van der Waals surface area (Å²) in [7, 11) is 0. The normalized spacial score (nSPS) is 14.0. The van der Waals surface area contributed by atoms with E-state index in [0.717, 1.165) is 14.7 Å². The average Bonchev–Trinajstić information content (AvgIpc) is 2.39. The maximum Gasteiger partial charge on any atom is 0.133 e. The maximum absolute atomic E-state index is 10.8. The van der Waals surface area contributed by atoms with Gasteiger partial charge in [0.15, 0.2) is 0 Å². The summed E-state index contributed by atoms with van der Waals surface area (Å²) in [5, 5.41) is 10.8. The van der Waals surface area contributed by atoms with Crippen LogP contribution in [0.2, 0.25) is 0 Å². The summed E-state index contributed by atoms with van der Waals surface area (Å²) in [5.41, 5.74) is 0.546. The average molecular weight is 336 g/mol. The molecule has 86 valence electrons. The molecule has 2 aromatic rings. The summed E-state index contributed by atoms with van der Waals surface area (Å²) >= 11 is 2.24. The van der Waals surface area contributed by atoms with Gasteiger partial charge in [0.2, 0.25) is 0 Å². The van der Waals surface area contributed by atoms with E-state index in [0.29, 0.717) is 0 Å². The molecule has 0 aliphatic carbocycles. The molecule has 0 bridgehead atoms. The van der Waals surface area contributed by atoms with Crippen molar-refractivity contribution >= 4 is 22.6 Å². The second-order valence-electron chi connectivity index (χ2n) is 3.85. The first-order valence-corrected chi connectivity index (χ1v) is 6.42. The minimum absolute atomic E-state index is 0.831.